The molecule has 0 N–H and O–H groups in total. The van der Waals surface area contributed by atoms with Crippen molar-refractivity contribution in [3.63, 3.8) is 0 Å². The first-order chi connectivity index (χ1) is 16.8. The van der Waals surface area contributed by atoms with Gasteiger partial charge in [-0.25, -0.2) is 0 Å². The fourth-order valence-electron chi connectivity index (χ4n) is 8.24. The second-order valence-electron chi connectivity index (χ2n) is 12.1. The number of carbonyl (C=O) groups is 1. The van der Waals surface area contributed by atoms with Crippen molar-refractivity contribution in [2.45, 2.75) is 64.9 Å². The Bertz CT molecular complexity index is 1200. The van der Waals surface area contributed by atoms with Crippen LogP contribution in [0.3, 0.4) is 0 Å². The second-order valence-corrected chi connectivity index (χ2v) is 12.1. The van der Waals surface area contributed by atoms with Crippen LogP contribution in [0.2, 0.25) is 0 Å². The van der Waals surface area contributed by atoms with Crippen molar-refractivity contribution in [3.8, 4) is 0 Å². The number of hydrogen-bond donors (Lipinski definition) is 0. The summed E-state index contributed by atoms with van der Waals surface area (Å²) in [6, 6.07) is 29.4. The van der Waals surface area contributed by atoms with Crippen LogP contribution < -0.4 is 0 Å². The first-order valence-electron chi connectivity index (χ1n) is 13.2. The fourth-order valence-corrected chi connectivity index (χ4v) is 8.24. The second kappa shape index (κ2) is 8.08. The van der Waals surface area contributed by atoms with E-state index >= 15 is 0 Å². The molecule has 0 heterocycles. The monoisotopic (exact) mass is 464 g/mol. The van der Waals surface area contributed by atoms with Crippen LogP contribution >= 0.6 is 0 Å². The summed E-state index contributed by atoms with van der Waals surface area (Å²) in [5.41, 5.74) is 5.24. The first-order valence-corrected chi connectivity index (χ1v) is 13.2. The van der Waals surface area contributed by atoms with E-state index in [1.54, 1.807) is 0 Å². The molecule has 2 heteroatoms. The van der Waals surface area contributed by atoms with Gasteiger partial charge in [-0.2, -0.15) is 0 Å². The summed E-state index contributed by atoms with van der Waals surface area (Å²) >= 11 is 0. The van der Waals surface area contributed by atoms with Crippen LogP contribution in [-0.4, -0.2) is 12.1 Å². The molecule has 6 rings (SSSR count). The fraction of sp³-hybridized carbons (Fsp3) is 0.424. The molecule has 0 radical (unpaired) electrons. The van der Waals surface area contributed by atoms with E-state index in [4.69, 9.17) is 4.74 Å². The molecule has 0 amide bonds. The molecule has 35 heavy (non-hydrogen) atoms. The third-order valence-electron chi connectivity index (χ3n) is 10.3. The molecule has 0 aromatic heterocycles. The van der Waals surface area contributed by atoms with Crippen molar-refractivity contribution in [1.29, 1.82) is 0 Å². The van der Waals surface area contributed by atoms with Gasteiger partial charge in [0.15, 0.2) is 0 Å². The molecule has 3 aliphatic carbocycles. The number of carbonyl (C=O) groups excluding carboxylic acids is 1. The molecule has 1 unspecified atom stereocenters. The quantitative estimate of drug-likeness (QED) is 0.374. The average Bonchev–Trinajstić information content (AvgIpc) is 3.40. The van der Waals surface area contributed by atoms with Gasteiger partial charge >= 0.3 is 5.97 Å². The smallest absolute Gasteiger partial charge is 0.314 e. The van der Waals surface area contributed by atoms with Crippen LogP contribution in [-0.2, 0) is 28.8 Å². The number of benzene rings is 3. The van der Waals surface area contributed by atoms with E-state index in [0.717, 1.165) is 24.8 Å². The molecule has 0 aliphatic heterocycles. The maximum atomic E-state index is 14.1. The van der Waals surface area contributed by atoms with Gasteiger partial charge in [-0.15, -0.1) is 0 Å². The van der Waals surface area contributed by atoms with E-state index in [0.29, 0.717) is 12.3 Å². The molecule has 180 valence electrons. The zero-order valence-electron chi connectivity index (χ0n) is 21.2. The molecule has 1 spiro atoms. The van der Waals surface area contributed by atoms with E-state index < -0.39 is 0 Å². The standard InChI is InChI=1S/C33H36O2/c1-31(2)28-18-19-32(31,3)30(33(28)21-25-16-10-11-17-26(25)22-33)35-29(34)27(24-14-8-5-9-15-24)20-23-12-6-4-7-13-23/h4-17,27-28,30H,18-22H2,1-3H3/t27?,28-,30-,32-/m0/s1. The third-order valence-corrected chi connectivity index (χ3v) is 10.3. The van der Waals surface area contributed by atoms with Crippen LogP contribution in [0.1, 0.15) is 61.8 Å². The van der Waals surface area contributed by atoms with Gasteiger partial charge in [-0.05, 0) is 65.7 Å². The van der Waals surface area contributed by atoms with Crippen molar-refractivity contribution in [1.82, 2.24) is 0 Å². The van der Waals surface area contributed by atoms with E-state index in [-0.39, 0.29) is 34.2 Å². The highest BCUT2D eigenvalue weighted by atomic mass is 16.5. The zero-order valence-corrected chi connectivity index (χ0v) is 21.2. The highest BCUT2D eigenvalue weighted by molar-refractivity contribution is 5.79. The third kappa shape index (κ3) is 3.33. The molecule has 4 atom stereocenters. The number of fused-ring (bicyclic) bond motifs is 4. The lowest BCUT2D eigenvalue weighted by Crippen LogP contribution is -2.48. The Hall–Kier alpha value is -2.87. The van der Waals surface area contributed by atoms with Gasteiger partial charge < -0.3 is 4.74 Å². The summed E-state index contributed by atoms with van der Waals surface area (Å²) in [7, 11) is 0. The first kappa shape index (κ1) is 22.6. The highest BCUT2D eigenvalue weighted by Gasteiger charge is 2.74. The summed E-state index contributed by atoms with van der Waals surface area (Å²) in [5.74, 6) is 0.199. The molecule has 0 saturated heterocycles. The Labute approximate surface area is 209 Å². The van der Waals surface area contributed by atoms with Gasteiger partial charge in [0.25, 0.3) is 0 Å². The largest absolute Gasteiger partial charge is 0.461 e. The van der Waals surface area contributed by atoms with Crippen LogP contribution in [0.25, 0.3) is 0 Å². The van der Waals surface area contributed by atoms with Crippen molar-refractivity contribution in [2.75, 3.05) is 0 Å². The molecule has 3 aromatic carbocycles. The van der Waals surface area contributed by atoms with Crippen LogP contribution in [0.4, 0.5) is 0 Å². The summed E-state index contributed by atoms with van der Waals surface area (Å²) in [5, 5.41) is 0. The maximum absolute atomic E-state index is 14.1. The average molecular weight is 465 g/mol. The molecular formula is C33H36O2. The Balaban J connectivity index is 1.37. The Kier molecular flexibility index (Phi) is 5.22. The molecule has 2 fully saturated rings. The summed E-state index contributed by atoms with van der Waals surface area (Å²) in [4.78, 5) is 14.1. The van der Waals surface area contributed by atoms with E-state index in [1.165, 1.54) is 23.1 Å². The lowest BCUT2D eigenvalue weighted by atomic mass is 9.66. The Morgan fingerprint density at radius 1 is 0.857 bits per heavy atom. The molecule has 3 aliphatic rings. The number of esters is 1. The summed E-state index contributed by atoms with van der Waals surface area (Å²) in [6.45, 7) is 7.27. The lowest BCUT2D eigenvalue weighted by Gasteiger charge is -2.44. The summed E-state index contributed by atoms with van der Waals surface area (Å²) in [6.07, 6.45) is 5.02. The minimum absolute atomic E-state index is 0.00380. The van der Waals surface area contributed by atoms with Gasteiger partial charge in [-0.1, -0.05) is 106 Å². The number of hydrogen-bond acceptors (Lipinski definition) is 2. The van der Waals surface area contributed by atoms with Gasteiger partial charge in [0.1, 0.15) is 6.10 Å². The normalized spacial score (nSPS) is 28.1. The van der Waals surface area contributed by atoms with Crippen LogP contribution in [0.5, 0.6) is 0 Å². The van der Waals surface area contributed by atoms with Crippen molar-refractivity contribution < 1.29 is 9.53 Å². The SMILES string of the molecule is CC1(C)[C@@H]2CC[C@@]1(C)[C@H](OC(=O)C(Cc1ccccc1)c1ccccc1)C21Cc2ccccc2C1. The Morgan fingerprint density at radius 3 is 2.06 bits per heavy atom. The molecule has 2 bridgehead atoms. The number of rotatable bonds is 5. The Morgan fingerprint density at radius 2 is 1.43 bits per heavy atom. The van der Waals surface area contributed by atoms with Gasteiger partial charge in [-0.3, -0.25) is 4.79 Å². The van der Waals surface area contributed by atoms with E-state index in [1.807, 2.05) is 36.4 Å². The lowest BCUT2D eigenvalue weighted by molar-refractivity contribution is -0.169. The van der Waals surface area contributed by atoms with Crippen molar-refractivity contribution in [3.05, 3.63) is 107 Å². The van der Waals surface area contributed by atoms with E-state index in [9.17, 15) is 4.79 Å². The summed E-state index contributed by atoms with van der Waals surface area (Å²) < 4.78 is 6.80. The minimum Gasteiger partial charge on any atom is -0.461 e. The molecule has 2 nitrogen and oxygen atoms in total. The van der Waals surface area contributed by atoms with Crippen LogP contribution in [0.15, 0.2) is 84.9 Å². The molecule has 2 saturated carbocycles. The minimum atomic E-state index is -0.301. The van der Waals surface area contributed by atoms with Gasteiger partial charge in [0, 0.05) is 10.8 Å². The van der Waals surface area contributed by atoms with E-state index in [2.05, 4.69) is 69.3 Å². The maximum Gasteiger partial charge on any atom is 0.314 e. The van der Waals surface area contributed by atoms with Gasteiger partial charge in [0.05, 0.1) is 5.92 Å². The van der Waals surface area contributed by atoms with Crippen LogP contribution in [0, 0.1) is 22.2 Å². The predicted molar refractivity (Wildman–Crippen MR) is 140 cm³/mol. The van der Waals surface area contributed by atoms with Crippen molar-refractivity contribution >= 4 is 5.97 Å². The molecular weight excluding hydrogens is 428 g/mol. The number of ether oxygens (including phenoxy) is 1. The highest BCUT2D eigenvalue weighted by Crippen LogP contribution is 2.75. The zero-order chi connectivity index (χ0) is 24.3. The predicted octanol–water partition coefficient (Wildman–Crippen LogP) is 7.17. The topological polar surface area (TPSA) is 26.3 Å². The van der Waals surface area contributed by atoms with Crippen molar-refractivity contribution in [2.24, 2.45) is 22.2 Å². The van der Waals surface area contributed by atoms with Gasteiger partial charge in [0.2, 0.25) is 0 Å². The molecule has 3 aromatic rings.